The highest BCUT2D eigenvalue weighted by molar-refractivity contribution is 6.02. The first-order valence-electron chi connectivity index (χ1n) is 9.98. The summed E-state index contributed by atoms with van der Waals surface area (Å²) in [6.07, 6.45) is 7.19. The molecule has 0 aliphatic carbocycles. The Labute approximate surface area is 173 Å². The molecule has 0 unspecified atom stereocenters. The van der Waals surface area contributed by atoms with E-state index in [1.807, 2.05) is 0 Å². The number of furan rings is 1. The largest absolute Gasteiger partial charge is 0.493 e. The van der Waals surface area contributed by atoms with E-state index in [2.05, 4.69) is 37.9 Å². The van der Waals surface area contributed by atoms with Crippen molar-refractivity contribution in [1.82, 2.24) is 4.90 Å². The Morgan fingerprint density at radius 2 is 1.93 bits per heavy atom. The van der Waals surface area contributed by atoms with E-state index < -0.39 is 0 Å². The first-order valence-corrected chi connectivity index (χ1v) is 9.98. The number of anilines is 1. The fourth-order valence-corrected chi connectivity index (χ4v) is 3.13. The highest BCUT2D eigenvalue weighted by Gasteiger charge is 2.13. The predicted octanol–water partition coefficient (Wildman–Crippen LogP) is 4.83. The summed E-state index contributed by atoms with van der Waals surface area (Å²) in [6.45, 7) is 10.4. The first-order chi connectivity index (χ1) is 13.9. The number of nitrogens with one attached hydrogen (secondary N) is 1. The summed E-state index contributed by atoms with van der Waals surface area (Å²) < 4.78 is 16.3. The van der Waals surface area contributed by atoms with Gasteiger partial charge >= 0.3 is 0 Å². The van der Waals surface area contributed by atoms with Crippen molar-refractivity contribution in [1.29, 1.82) is 0 Å². The maximum absolute atomic E-state index is 12.1. The highest BCUT2D eigenvalue weighted by atomic mass is 16.5. The third kappa shape index (κ3) is 7.31. The van der Waals surface area contributed by atoms with Gasteiger partial charge in [0.1, 0.15) is 0 Å². The fraction of sp³-hybridized carbons (Fsp3) is 0.435. The molecule has 0 atom stereocenters. The summed E-state index contributed by atoms with van der Waals surface area (Å²) in [7, 11) is 1.60. The van der Waals surface area contributed by atoms with Gasteiger partial charge in [0, 0.05) is 42.0 Å². The van der Waals surface area contributed by atoms with Crippen molar-refractivity contribution < 1.29 is 18.7 Å². The lowest BCUT2D eigenvalue weighted by molar-refractivity contribution is -0.111. The molecule has 0 bridgehead atoms. The second-order valence-electron chi connectivity index (χ2n) is 7.37. The number of carbonyl (C=O) groups is 1. The third-order valence-electron chi connectivity index (χ3n) is 4.55. The highest BCUT2D eigenvalue weighted by Crippen LogP contribution is 2.30. The molecule has 1 N–H and O–H groups in total. The quantitative estimate of drug-likeness (QED) is 0.432. The van der Waals surface area contributed by atoms with Crippen molar-refractivity contribution >= 4 is 17.7 Å². The minimum Gasteiger partial charge on any atom is -0.493 e. The normalized spacial score (nSPS) is 11.6. The van der Waals surface area contributed by atoms with Crippen LogP contribution in [0.2, 0.25) is 0 Å². The van der Waals surface area contributed by atoms with Gasteiger partial charge in [0.2, 0.25) is 5.91 Å². The van der Waals surface area contributed by atoms with Crippen LogP contribution in [0.5, 0.6) is 11.5 Å². The lowest BCUT2D eigenvalue weighted by Crippen LogP contribution is -2.38. The van der Waals surface area contributed by atoms with Crippen molar-refractivity contribution in [3.05, 3.63) is 48.4 Å². The Bertz CT molecular complexity index is 774. The van der Waals surface area contributed by atoms with Crippen LogP contribution in [0.3, 0.4) is 0 Å². The van der Waals surface area contributed by atoms with Gasteiger partial charge in [0.15, 0.2) is 11.5 Å². The zero-order chi connectivity index (χ0) is 21.2. The zero-order valence-corrected chi connectivity index (χ0v) is 18.0. The topological polar surface area (TPSA) is 63.9 Å². The van der Waals surface area contributed by atoms with Crippen molar-refractivity contribution in [2.45, 2.75) is 46.2 Å². The van der Waals surface area contributed by atoms with Gasteiger partial charge in [0.25, 0.3) is 0 Å². The van der Waals surface area contributed by atoms with E-state index in [0.717, 1.165) is 18.5 Å². The standard InChI is InChI=1S/C23H32N2O4/c1-17(2)25(18(3)4)12-6-13-29-22-15-20(8-9-21(22)27-5)24-23(26)10-7-19-11-14-28-16-19/h7-11,14-18H,6,12-13H2,1-5H3,(H,24,26)/b10-7+. The van der Waals surface area contributed by atoms with Crippen molar-refractivity contribution in [2.75, 3.05) is 25.6 Å². The number of hydrogen-bond donors (Lipinski definition) is 1. The Morgan fingerprint density at radius 1 is 1.17 bits per heavy atom. The molecule has 1 heterocycles. The van der Waals surface area contributed by atoms with Crippen molar-refractivity contribution in [3.63, 3.8) is 0 Å². The van der Waals surface area contributed by atoms with Crippen LogP contribution in [0.1, 0.15) is 39.7 Å². The Kier molecular flexibility index (Phi) is 8.80. The molecule has 0 aliphatic rings. The SMILES string of the molecule is COc1ccc(NC(=O)/C=C/c2ccoc2)cc1OCCCN(C(C)C)C(C)C. The molecule has 29 heavy (non-hydrogen) atoms. The Balaban J connectivity index is 1.93. The number of ether oxygens (including phenoxy) is 2. The van der Waals surface area contributed by atoms with Gasteiger partial charge in [-0.15, -0.1) is 0 Å². The molecule has 0 fully saturated rings. The third-order valence-corrected chi connectivity index (χ3v) is 4.55. The minimum absolute atomic E-state index is 0.230. The number of hydrogen-bond acceptors (Lipinski definition) is 5. The average Bonchev–Trinajstić information content (AvgIpc) is 3.19. The first kappa shape index (κ1) is 22.6. The smallest absolute Gasteiger partial charge is 0.248 e. The van der Waals surface area contributed by atoms with Crippen LogP contribution in [0.4, 0.5) is 5.69 Å². The van der Waals surface area contributed by atoms with Crippen molar-refractivity contribution in [3.8, 4) is 11.5 Å². The molecule has 158 valence electrons. The molecule has 1 amide bonds. The monoisotopic (exact) mass is 400 g/mol. The van der Waals surface area contributed by atoms with Gasteiger partial charge in [0.05, 0.1) is 26.2 Å². The molecule has 0 radical (unpaired) electrons. The van der Waals surface area contributed by atoms with Crippen LogP contribution in [0.15, 0.2) is 47.3 Å². The molecule has 2 rings (SSSR count). The number of benzene rings is 1. The summed E-state index contributed by atoms with van der Waals surface area (Å²) in [5.41, 5.74) is 1.48. The Morgan fingerprint density at radius 3 is 2.55 bits per heavy atom. The molecule has 0 aliphatic heterocycles. The summed E-state index contributed by atoms with van der Waals surface area (Å²) in [6, 6.07) is 8.14. The summed E-state index contributed by atoms with van der Waals surface area (Å²) in [5, 5.41) is 2.83. The summed E-state index contributed by atoms with van der Waals surface area (Å²) in [4.78, 5) is 14.6. The molecule has 2 aromatic rings. The van der Waals surface area contributed by atoms with Gasteiger partial charge in [-0.2, -0.15) is 0 Å². The molecule has 1 aromatic heterocycles. The lowest BCUT2D eigenvalue weighted by atomic mass is 10.2. The van der Waals surface area contributed by atoms with Gasteiger partial charge in [-0.1, -0.05) is 0 Å². The van der Waals surface area contributed by atoms with Crippen LogP contribution in [-0.4, -0.2) is 43.2 Å². The van der Waals surface area contributed by atoms with Crippen molar-refractivity contribution in [2.24, 2.45) is 0 Å². The second-order valence-corrected chi connectivity index (χ2v) is 7.37. The van der Waals surface area contributed by atoms with E-state index in [1.54, 1.807) is 50.0 Å². The van der Waals surface area contributed by atoms with E-state index in [-0.39, 0.29) is 5.91 Å². The van der Waals surface area contributed by atoms with Crippen LogP contribution < -0.4 is 14.8 Å². The van der Waals surface area contributed by atoms with Gasteiger partial charge in [-0.3, -0.25) is 9.69 Å². The maximum Gasteiger partial charge on any atom is 0.248 e. The van der Waals surface area contributed by atoms with E-state index in [4.69, 9.17) is 13.9 Å². The van der Waals surface area contributed by atoms with Gasteiger partial charge < -0.3 is 19.2 Å². The summed E-state index contributed by atoms with van der Waals surface area (Å²) in [5.74, 6) is 1.03. The number of rotatable bonds is 11. The number of amides is 1. The number of carbonyl (C=O) groups excluding carboxylic acids is 1. The number of methoxy groups -OCH3 is 1. The fourth-order valence-electron chi connectivity index (χ4n) is 3.13. The zero-order valence-electron chi connectivity index (χ0n) is 18.0. The minimum atomic E-state index is -0.230. The molecule has 6 heteroatoms. The molecule has 0 saturated carbocycles. The number of nitrogens with zero attached hydrogens (tertiary/aromatic N) is 1. The summed E-state index contributed by atoms with van der Waals surface area (Å²) >= 11 is 0. The van der Waals surface area contributed by atoms with E-state index in [1.165, 1.54) is 6.08 Å². The van der Waals surface area contributed by atoms with E-state index in [0.29, 0.717) is 35.9 Å². The van der Waals surface area contributed by atoms with Crippen LogP contribution >= 0.6 is 0 Å². The molecule has 1 aromatic carbocycles. The lowest BCUT2D eigenvalue weighted by Gasteiger charge is -2.30. The molecular formula is C23H32N2O4. The molecule has 6 nitrogen and oxygen atoms in total. The maximum atomic E-state index is 12.1. The Hall–Kier alpha value is -2.73. The molecular weight excluding hydrogens is 368 g/mol. The van der Waals surface area contributed by atoms with E-state index in [9.17, 15) is 4.79 Å². The van der Waals surface area contributed by atoms with Crippen LogP contribution in [0.25, 0.3) is 6.08 Å². The molecule has 0 saturated heterocycles. The second kappa shape index (κ2) is 11.3. The predicted molar refractivity (Wildman–Crippen MR) is 116 cm³/mol. The average molecular weight is 401 g/mol. The van der Waals surface area contributed by atoms with Crippen LogP contribution in [-0.2, 0) is 4.79 Å². The van der Waals surface area contributed by atoms with Gasteiger partial charge in [-0.05, 0) is 58.4 Å². The van der Waals surface area contributed by atoms with Gasteiger partial charge in [-0.25, -0.2) is 0 Å². The molecule has 0 spiro atoms. The van der Waals surface area contributed by atoms with Crippen LogP contribution in [0, 0.1) is 0 Å². The van der Waals surface area contributed by atoms with E-state index >= 15 is 0 Å².